The van der Waals surface area contributed by atoms with Crippen molar-refractivity contribution in [3.8, 4) is 0 Å². The van der Waals surface area contributed by atoms with Crippen LogP contribution in [0.15, 0.2) is 18.7 Å². The Balaban J connectivity index is 2.47. The largest absolute Gasteiger partial charge is 0.380 e. The molecule has 5 heteroatoms. The molecule has 0 unspecified atom stereocenters. The molecule has 5 nitrogen and oxygen atoms in total. The Hall–Kier alpha value is -1.36. The number of hydrogen-bond acceptors (Lipinski definition) is 3. The van der Waals surface area contributed by atoms with Crippen molar-refractivity contribution in [3.05, 3.63) is 18.7 Å². The normalized spacial score (nSPS) is 10.3. The van der Waals surface area contributed by atoms with E-state index in [0.717, 1.165) is 0 Å². The lowest BCUT2D eigenvalue weighted by Crippen LogP contribution is -2.36. The SMILES string of the molecule is CCOCCN(CC)C(=O)n1ccnc1. The topological polar surface area (TPSA) is 47.4 Å². The fraction of sp³-hybridized carbons (Fsp3) is 0.600. The van der Waals surface area contributed by atoms with E-state index in [1.54, 1.807) is 17.3 Å². The third kappa shape index (κ3) is 3.36. The summed E-state index contributed by atoms with van der Waals surface area (Å²) < 4.78 is 6.68. The number of rotatable bonds is 5. The molecule has 0 aliphatic heterocycles. The van der Waals surface area contributed by atoms with Crippen LogP contribution in [-0.4, -0.2) is 46.8 Å². The Kier molecular flexibility index (Phi) is 4.83. The number of nitrogens with zero attached hydrogens (tertiary/aromatic N) is 3. The van der Waals surface area contributed by atoms with E-state index in [2.05, 4.69) is 4.98 Å². The molecule has 15 heavy (non-hydrogen) atoms. The number of ether oxygens (including phenoxy) is 1. The van der Waals surface area contributed by atoms with Gasteiger partial charge in [-0.15, -0.1) is 0 Å². The lowest BCUT2D eigenvalue weighted by atomic mass is 10.5. The highest BCUT2D eigenvalue weighted by Gasteiger charge is 2.12. The van der Waals surface area contributed by atoms with E-state index in [1.165, 1.54) is 10.9 Å². The van der Waals surface area contributed by atoms with E-state index in [4.69, 9.17) is 4.74 Å². The highest BCUT2D eigenvalue weighted by Crippen LogP contribution is 1.96. The molecule has 84 valence electrons. The lowest BCUT2D eigenvalue weighted by Gasteiger charge is -2.20. The van der Waals surface area contributed by atoms with Crippen molar-refractivity contribution in [2.75, 3.05) is 26.3 Å². The van der Waals surface area contributed by atoms with Gasteiger partial charge in [-0.05, 0) is 13.8 Å². The number of aromatic nitrogens is 2. The van der Waals surface area contributed by atoms with Crippen LogP contribution in [-0.2, 0) is 4.74 Å². The van der Waals surface area contributed by atoms with Gasteiger partial charge in [0, 0.05) is 32.1 Å². The molecular weight excluding hydrogens is 194 g/mol. The van der Waals surface area contributed by atoms with Crippen molar-refractivity contribution >= 4 is 6.03 Å². The average Bonchev–Trinajstić information content (AvgIpc) is 2.77. The highest BCUT2D eigenvalue weighted by molar-refractivity contribution is 5.76. The molecule has 0 aromatic carbocycles. The summed E-state index contributed by atoms with van der Waals surface area (Å²) >= 11 is 0. The summed E-state index contributed by atoms with van der Waals surface area (Å²) in [7, 11) is 0. The van der Waals surface area contributed by atoms with Gasteiger partial charge in [-0.25, -0.2) is 9.78 Å². The number of amides is 1. The van der Waals surface area contributed by atoms with Crippen LogP contribution in [0.2, 0.25) is 0 Å². The zero-order chi connectivity index (χ0) is 11.1. The number of carbonyl (C=O) groups is 1. The monoisotopic (exact) mass is 211 g/mol. The van der Waals surface area contributed by atoms with Gasteiger partial charge in [0.25, 0.3) is 0 Å². The van der Waals surface area contributed by atoms with Crippen molar-refractivity contribution < 1.29 is 9.53 Å². The second-order valence-electron chi connectivity index (χ2n) is 3.03. The van der Waals surface area contributed by atoms with Crippen molar-refractivity contribution in [1.29, 1.82) is 0 Å². The summed E-state index contributed by atoms with van der Waals surface area (Å²) in [6.45, 7) is 6.42. The summed E-state index contributed by atoms with van der Waals surface area (Å²) in [5, 5.41) is 0. The van der Waals surface area contributed by atoms with Crippen molar-refractivity contribution in [2.24, 2.45) is 0 Å². The minimum atomic E-state index is -0.0605. The van der Waals surface area contributed by atoms with Gasteiger partial charge in [-0.2, -0.15) is 0 Å². The van der Waals surface area contributed by atoms with Gasteiger partial charge in [0.1, 0.15) is 6.33 Å². The average molecular weight is 211 g/mol. The molecule has 0 atom stereocenters. The first kappa shape index (κ1) is 11.7. The Labute approximate surface area is 89.7 Å². The van der Waals surface area contributed by atoms with E-state index in [1.807, 2.05) is 13.8 Å². The predicted molar refractivity (Wildman–Crippen MR) is 56.8 cm³/mol. The fourth-order valence-corrected chi connectivity index (χ4v) is 1.24. The maximum atomic E-state index is 11.8. The maximum absolute atomic E-state index is 11.8. The Bertz CT molecular complexity index is 285. The van der Waals surface area contributed by atoms with Gasteiger partial charge in [-0.1, -0.05) is 0 Å². The minimum Gasteiger partial charge on any atom is -0.380 e. The van der Waals surface area contributed by atoms with E-state index in [0.29, 0.717) is 26.3 Å². The molecule has 0 saturated carbocycles. The molecule has 0 fully saturated rings. The second-order valence-corrected chi connectivity index (χ2v) is 3.03. The van der Waals surface area contributed by atoms with Crippen LogP contribution in [0.25, 0.3) is 0 Å². The summed E-state index contributed by atoms with van der Waals surface area (Å²) in [5.74, 6) is 0. The predicted octanol–water partition coefficient (Wildman–Crippen LogP) is 1.21. The lowest BCUT2D eigenvalue weighted by molar-refractivity contribution is 0.121. The standard InChI is InChI=1S/C10H17N3O2/c1-3-12(7-8-15-4-2)10(14)13-6-5-11-9-13/h5-6,9H,3-4,7-8H2,1-2H3. The van der Waals surface area contributed by atoms with Gasteiger partial charge in [0.2, 0.25) is 0 Å². The van der Waals surface area contributed by atoms with E-state index in [-0.39, 0.29) is 6.03 Å². The highest BCUT2D eigenvalue weighted by atomic mass is 16.5. The molecule has 0 aliphatic rings. The zero-order valence-electron chi connectivity index (χ0n) is 9.22. The smallest absolute Gasteiger partial charge is 0.329 e. The summed E-state index contributed by atoms with van der Waals surface area (Å²) in [5.41, 5.74) is 0. The fourth-order valence-electron chi connectivity index (χ4n) is 1.24. The first-order valence-electron chi connectivity index (χ1n) is 5.14. The third-order valence-corrected chi connectivity index (χ3v) is 2.09. The van der Waals surface area contributed by atoms with Crippen LogP contribution in [0.3, 0.4) is 0 Å². The van der Waals surface area contributed by atoms with Crippen LogP contribution < -0.4 is 0 Å². The van der Waals surface area contributed by atoms with Crippen LogP contribution >= 0.6 is 0 Å². The molecule has 0 spiro atoms. The van der Waals surface area contributed by atoms with Crippen molar-refractivity contribution in [3.63, 3.8) is 0 Å². The maximum Gasteiger partial charge on any atom is 0.329 e. The summed E-state index contributed by atoms with van der Waals surface area (Å²) in [6, 6.07) is -0.0605. The van der Waals surface area contributed by atoms with Gasteiger partial charge in [-0.3, -0.25) is 4.57 Å². The molecule has 1 aromatic heterocycles. The summed E-state index contributed by atoms with van der Waals surface area (Å²) in [4.78, 5) is 17.4. The van der Waals surface area contributed by atoms with E-state index in [9.17, 15) is 4.79 Å². The molecule has 0 bridgehead atoms. The number of likely N-dealkylation sites (N-methyl/N-ethyl adjacent to an activating group) is 1. The molecule has 1 heterocycles. The van der Waals surface area contributed by atoms with Crippen LogP contribution in [0.4, 0.5) is 4.79 Å². The molecule has 0 aliphatic carbocycles. The van der Waals surface area contributed by atoms with Crippen molar-refractivity contribution in [2.45, 2.75) is 13.8 Å². The second kappa shape index (κ2) is 6.19. The molecule has 1 aromatic rings. The Morgan fingerprint density at radius 3 is 2.87 bits per heavy atom. The minimum absolute atomic E-state index is 0.0605. The number of imidazole rings is 1. The Morgan fingerprint density at radius 1 is 1.53 bits per heavy atom. The van der Waals surface area contributed by atoms with E-state index < -0.39 is 0 Å². The first-order chi connectivity index (χ1) is 7.29. The van der Waals surface area contributed by atoms with Crippen LogP contribution in [0, 0.1) is 0 Å². The Morgan fingerprint density at radius 2 is 2.33 bits per heavy atom. The molecule has 0 radical (unpaired) electrons. The van der Waals surface area contributed by atoms with Gasteiger partial charge in [0.15, 0.2) is 0 Å². The quantitative estimate of drug-likeness (QED) is 0.688. The van der Waals surface area contributed by atoms with E-state index >= 15 is 0 Å². The van der Waals surface area contributed by atoms with Crippen molar-refractivity contribution in [1.82, 2.24) is 14.5 Å². The van der Waals surface area contributed by atoms with Gasteiger partial charge >= 0.3 is 6.03 Å². The number of hydrogen-bond donors (Lipinski definition) is 0. The van der Waals surface area contributed by atoms with Crippen LogP contribution in [0.1, 0.15) is 13.8 Å². The van der Waals surface area contributed by atoms with Gasteiger partial charge < -0.3 is 9.64 Å². The molecular formula is C10H17N3O2. The molecule has 0 saturated heterocycles. The number of carbonyl (C=O) groups excluding carboxylic acids is 1. The molecule has 0 N–H and O–H groups in total. The zero-order valence-corrected chi connectivity index (χ0v) is 9.22. The third-order valence-electron chi connectivity index (χ3n) is 2.09. The van der Waals surface area contributed by atoms with Gasteiger partial charge in [0.05, 0.1) is 6.61 Å². The molecule has 1 rings (SSSR count). The molecule has 1 amide bonds. The first-order valence-corrected chi connectivity index (χ1v) is 5.14. The van der Waals surface area contributed by atoms with Crippen LogP contribution in [0.5, 0.6) is 0 Å². The summed E-state index contributed by atoms with van der Waals surface area (Å²) in [6.07, 6.45) is 4.74.